The van der Waals surface area contributed by atoms with Crippen molar-refractivity contribution in [1.29, 1.82) is 0 Å². The van der Waals surface area contributed by atoms with E-state index in [4.69, 9.17) is 9.15 Å². The van der Waals surface area contributed by atoms with Crippen LogP contribution in [0.4, 0.5) is 0 Å². The summed E-state index contributed by atoms with van der Waals surface area (Å²) >= 11 is 0. The van der Waals surface area contributed by atoms with Crippen molar-refractivity contribution in [3.63, 3.8) is 0 Å². The van der Waals surface area contributed by atoms with E-state index in [1.54, 1.807) is 6.26 Å². The Kier molecular flexibility index (Phi) is 5.72. The number of carbonyl (C=O) groups excluding carboxylic acids is 1. The molecular weight excluding hydrogens is 404 g/mol. The molecule has 1 saturated heterocycles. The summed E-state index contributed by atoms with van der Waals surface area (Å²) in [5.74, 6) is 1.37. The molecule has 1 aliphatic carbocycles. The van der Waals surface area contributed by atoms with Gasteiger partial charge in [0.05, 0.1) is 25.0 Å². The number of amides is 1. The van der Waals surface area contributed by atoms with Crippen molar-refractivity contribution in [2.24, 2.45) is 0 Å². The van der Waals surface area contributed by atoms with Crippen molar-refractivity contribution >= 4 is 5.91 Å². The maximum absolute atomic E-state index is 12.7. The van der Waals surface area contributed by atoms with E-state index >= 15 is 0 Å². The number of likely N-dealkylation sites (tertiary alicyclic amines) is 1. The monoisotopic (exact) mass is 432 g/mol. The van der Waals surface area contributed by atoms with E-state index in [0.717, 1.165) is 49.4 Å². The summed E-state index contributed by atoms with van der Waals surface area (Å²) in [4.78, 5) is 15.0. The fraction of sp³-hybridized carbons (Fsp3) is 0.346. The maximum atomic E-state index is 12.7. The third-order valence-electron chi connectivity index (χ3n) is 6.85. The molecule has 1 amide bonds. The van der Waals surface area contributed by atoms with Gasteiger partial charge >= 0.3 is 0 Å². The van der Waals surface area contributed by atoms with Gasteiger partial charge in [-0.2, -0.15) is 0 Å². The summed E-state index contributed by atoms with van der Waals surface area (Å²) < 4.78 is 11.1. The van der Waals surface area contributed by atoms with Crippen LogP contribution >= 0.6 is 0 Å². The average molecular weight is 433 g/mol. The van der Waals surface area contributed by atoms with Crippen molar-refractivity contribution in [1.82, 2.24) is 10.2 Å². The first-order valence-corrected chi connectivity index (χ1v) is 11.2. The first-order valence-electron chi connectivity index (χ1n) is 11.2. The summed E-state index contributed by atoms with van der Waals surface area (Å²) in [6.07, 6.45) is 2.69. The van der Waals surface area contributed by atoms with Gasteiger partial charge in [-0.1, -0.05) is 42.5 Å². The molecule has 2 heterocycles. The Labute approximate surface area is 187 Å². The highest BCUT2D eigenvalue weighted by molar-refractivity contribution is 5.78. The molecule has 2 atom stereocenters. The van der Waals surface area contributed by atoms with E-state index in [-0.39, 0.29) is 17.9 Å². The molecule has 0 saturated carbocycles. The predicted octanol–water partition coefficient (Wildman–Crippen LogP) is 3.42. The molecule has 2 aliphatic rings. The number of hydrogen-bond acceptors (Lipinski definition) is 5. The zero-order valence-electron chi connectivity index (χ0n) is 17.9. The molecule has 1 fully saturated rings. The lowest BCUT2D eigenvalue weighted by Crippen LogP contribution is -2.49. The first-order chi connectivity index (χ1) is 15.7. The van der Waals surface area contributed by atoms with Gasteiger partial charge in [-0.05, 0) is 61.3 Å². The second kappa shape index (κ2) is 8.81. The van der Waals surface area contributed by atoms with Crippen molar-refractivity contribution in [3.8, 4) is 5.75 Å². The Hall–Kier alpha value is -3.09. The Morgan fingerprint density at radius 2 is 1.81 bits per heavy atom. The molecular formula is C26H28N2O4. The molecule has 2 N–H and O–H groups in total. The number of aliphatic hydroxyl groups excluding tert-OH is 1. The molecule has 0 bridgehead atoms. The normalized spacial score (nSPS) is 21.9. The van der Waals surface area contributed by atoms with Gasteiger partial charge in [-0.3, -0.25) is 9.69 Å². The van der Waals surface area contributed by atoms with Crippen LogP contribution in [-0.2, 0) is 16.8 Å². The fourth-order valence-corrected chi connectivity index (χ4v) is 5.21. The second-order valence-electron chi connectivity index (χ2n) is 8.69. The van der Waals surface area contributed by atoms with Gasteiger partial charge in [0.25, 0.3) is 5.91 Å². The molecule has 166 valence electrons. The molecule has 6 heteroatoms. The minimum atomic E-state index is -0.675. The van der Waals surface area contributed by atoms with Crippen LogP contribution in [0.1, 0.15) is 35.8 Å². The largest absolute Gasteiger partial charge is 0.484 e. The van der Waals surface area contributed by atoms with E-state index in [0.29, 0.717) is 5.75 Å². The van der Waals surface area contributed by atoms with E-state index in [1.807, 2.05) is 60.7 Å². The van der Waals surface area contributed by atoms with Crippen molar-refractivity contribution in [3.05, 3.63) is 89.9 Å². The van der Waals surface area contributed by atoms with Gasteiger partial charge < -0.3 is 19.6 Å². The van der Waals surface area contributed by atoms with Crippen molar-refractivity contribution in [2.45, 2.75) is 36.9 Å². The van der Waals surface area contributed by atoms with Crippen LogP contribution in [0.15, 0.2) is 77.4 Å². The molecule has 1 aromatic heterocycles. The van der Waals surface area contributed by atoms with Crippen LogP contribution in [0.2, 0.25) is 0 Å². The standard InChI is InChI=1S/C26H28N2O4/c29-23(18-32-19-7-2-1-3-8-19)27-24-21-10-4-5-11-22(21)26(25(24)30)12-14-28(15-13-26)17-20-9-6-16-31-20/h1-11,16,24-25,30H,12-15,17-18H2,(H,27,29)/t24-,25+/m1/s1. The number of rotatable bonds is 6. The van der Waals surface area contributed by atoms with E-state index in [9.17, 15) is 9.90 Å². The minimum absolute atomic E-state index is 0.0840. The summed E-state index contributed by atoms with van der Waals surface area (Å²) in [7, 11) is 0. The number of benzene rings is 2. The molecule has 3 aromatic rings. The summed E-state index contributed by atoms with van der Waals surface area (Å²) in [5, 5.41) is 14.5. The Morgan fingerprint density at radius 1 is 1.06 bits per heavy atom. The number of carbonyl (C=O) groups is 1. The van der Waals surface area contributed by atoms with Crippen molar-refractivity contribution < 1.29 is 19.1 Å². The lowest BCUT2D eigenvalue weighted by Gasteiger charge is -2.42. The third-order valence-corrected chi connectivity index (χ3v) is 6.85. The van der Waals surface area contributed by atoms with Crippen LogP contribution in [0.3, 0.4) is 0 Å². The first kappa shape index (κ1) is 20.8. The number of piperidine rings is 1. The lowest BCUT2D eigenvalue weighted by molar-refractivity contribution is -0.125. The zero-order valence-corrected chi connectivity index (χ0v) is 17.9. The molecule has 2 aromatic carbocycles. The number of hydrogen-bond donors (Lipinski definition) is 2. The summed E-state index contributed by atoms with van der Waals surface area (Å²) in [5.41, 5.74) is 1.81. The highest BCUT2D eigenvalue weighted by Crippen LogP contribution is 2.51. The van der Waals surface area contributed by atoms with Crippen LogP contribution in [0.5, 0.6) is 5.75 Å². The topological polar surface area (TPSA) is 74.9 Å². The van der Waals surface area contributed by atoms with Gasteiger partial charge in [0.15, 0.2) is 6.61 Å². The number of aliphatic hydroxyl groups is 1. The average Bonchev–Trinajstić information content (AvgIpc) is 3.42. The molecule has 0 radical (unpaired) electrons. The number of furan rings is 1. The summed E-state index contributed by atoms with van der Waals surface area (Å²) in [6.45, 7) is 2.42. The molecule has 1 spiro atoms. The number of ether oxygens (including phenoxy) is 1. The van der Waals surface area contributed by atoms with Crippen LogP contribution < -0.4 is 10.1 Å². The number of nitrogens with zero attached hydrogens (tertiary/aromatic N) is 1. The van der Waals surface area contributed by atoms with Gasteiger partial charge in [0.2, 0.25) is 0 Å². The fourth-order valence-electron chi connectivity index (χ4n) is 5.21. The van der Waals surface area contributed by atoms with Gasteiger partial charge in [-0.25, -0.2) is 0 Å². The van der Waals surface area contributed by atoms with E-state index < -0.39 is 12.1 Å². The second-order valence-corrected chi connectivity index (χ2v) is 8.69. The highest BCUT2D eigenvalue weighted by atomic mass is 16.5. The van der Waals surface area contributed by atoms with Crippen LogP contribution in [0.25, 0.3) is 0 Å². The SMILES string of the molecule is O=C(COc1ccccc1)N[C@@H]1c2ccccc2C2(CCN(Cc3ccco3)CC2)[C@H]1O. The van der Waals surface area contributed by atoms with Crippen LogP contribution in [-0.4, -0.2) is 41.7 Å². The number of nitrogens with one attached hydrogen (secondary N) is 1. The quantitative estimate of drug-likeness (QED) is 0.624. The third kappa shape index (κ3) is 3.92. The molecule has 6 nitrogen and oxygen atoms in total. The minimum Gasteiger partial charge on any atom is -0.484 e. The lowest BCUT2D eigenvalue weighted by atomic mass is 9.72. The Balaban J connectivity index is 1.28. The van der Waals surface area contributed by atoms with Gasteiger partial charge in [0, 0.05) is 5.41 Å². The maximum Gasteiger partial charge on any atom is 0.258 e. The highest BCUT2D eigenvalue weighted by Gasteiger charge is 2.52. The van der Waals surface area contributed by atoms with Gasteiger partial charge in [0.1, 0.15) is 11.5 Å². The van der Waals surface area contributed by atoms with E-state index in [2.05, 4.69) is 16.3 Å². The Morgan fingerprint density at radius 3 is 2.56 bits per heavy atom. The summed E-state index contributed by atoms with van der Waals surface area (Å²) in [6, 6.07) is 20.8. The molecule has 1 aliphatic heterocycles. The number of para-hydroxylation sites is 1. The molecule has 5 rings (SSSR count). The molecule has 32 heavy (non-hydrogen) atoms. The molecule has 0 unspecified atom stereocenters. The number of fused-ring (bicyclic) bond motifs is 2. The predicted molar refractivity (Wildman–Crippen MR) is 120 cm³/mol. The van der Waals surface area contributed by atoms with Crippen molar-refractivity contribution in [2.75, 3.05) is 19.7 Å². The zero-order chi connectivity index (χ0) is 22.0. The van der Waals surface area contributed by atoms with Crippen LogP contribution in [0, 0.1) is 0 Å². The van der Waals surface area contributed by atoms with Gasteiger partial charge in [-0.15, -0.1) is 0 Å². The smallest absolute Gasteiger partial charge is 0.258 e. The Bertz CT molecular complexity index is 1040. The van der Waals surface area contributed by atoms with E-state index in [1.165, 1.54) is 0 Å².